The molecule has 2 unspecified atom stereocenters. The minimum absolute atomic E-state index is 0.199. The minimum Gasteiger partial charge on any atom is -0.102 e. The molecule has 26 heavy (non-hydrogen) atoms. The van der Waals surface area contributed by atoms with Gasteiger partial charge in [-0.25, -0.2) is 0 Å². The Hall–Kier alpha value is -2.60. The fourth-order valence-corrected chi connectivity index (χ4v) is 3.55. The van der Waals surface area contributed by atoms with Crippen LogP contribution < -0.4 is 0 Å². The first-order chi connectivity index (χ1) is 12.4. The van der Waals surface area contributed by atoms with E-state index in [1.807, 2.05) is 0 Å². The molecule has 0 heteroatoms. The molecular weight excluding hydrogens is 312 g/mol. The van der Waals surface area contributed by atoms with Crippen LogP contribution in [0.2, 0.25) is 0 Å². The lowest BCUT2D eigenvalue weighted by Crippen LogP contribution is -2.21. The maximum absolute atomic E-state index is 4.16. The minimum atomic E-state index is -0.199. The van der Waals surface area contributed by atoms with Crippen LogP contribution in [0.5, 0.6) is 0 Å². The summed E-state index contributed by atoms with van der Waals surface area (Å²) in [5.41, 5.74) is 7.64. The van der Waals surface area contributed by atoms with E-state index in [-0.39, 0.29) is 5.41 Å². The van der Waals surface area contributed by atoms with E-state index >= 15 is 0 Å². The molecule has 2 atom stereocenters. The van der Waals surface area contributed by atoms with Crippen LogP contribution in [0.4, 0.5) is 0 Å². The summed E-state index contributed by atoms with van der Waals surface area (Å²) in [5, 5.41) is 0. The van der Waals surface area contributed by atoms with Crippen molar-refractivity contribution in [3.63, 3.8) is 0 Å². The highest BCUT2D eigenvalue weighted by molar-refractivity contribution is 5.46. The van der Waals surface area contributed by atoms with Crippen LogP contribution in [0.25, 0.3) is 0 Å². The van der Waals surface area contributed by atoms with Gasteiger partial charge in [0.2, 0.25) is 0 Å². The Morgan fingerprint density at radius 2 is 1.38 bits per heavy atom. The molecular formula is C26H28. The average molecular weight is 341 g/mol. The van der Waals surface area contributed by atoms with Crippen molar-refractivity contribution < 1.29 is 0 Å². The summed E-state index contributed by atoms with van der Waals surface area (Å²) in [6.45, 7) is 13.0. The molecule has 0 saturated heterocycles. The molecule has 0 nitrogen and oxygen atoms in total. The van der Waals surface area contributed by atoms with Crippen molar-refractivity contribution in [3.8, 4) is 0 Å². The van der Waals surface area contributed by atoms with Crippen LogP contribution in [-0.2, 0) is 5.41 Å². The van der Waals surface area contributed by atoms with Gasteiger partial charge >= 0.3 is 0 Å². The van der Waals surface area contributed by atoms with E-state index in [2.05, 4.69) is 113 Å². The quantitative estimate of drug-likeness (QED) is 0.441. The molecule has 0 saturated carbocycles. The fraction of sp³-hybridized carbons (Fsp3) is 0.231. The van der Waals surface area contributed by atoms with Gasteiger partial charge in [-0.3, -0.25) is 0 Å². The maximum Gasteiger partial charge on any atom is 0.0351 e. The van der Waals surface area contributed by atoms with Crippen molar-refractivity contribution in [1.29, 1.82) is 0 Å². The smallest absolute Gasteiger partial charge is 0.0351 e. The van der Waals surface area contributed by atoms with Gasteiger partial charge in [-0.15, -0.1) is 6.58 Å². The van der Waals surface area contributed by atoms with Gasteiger partial charge in [0.05, 0.1) is 0 Å². The van der Waals surface area contributed by atoms with Crippen LogP contribution in [0.1, 0.15) is 53.1 Å². The fourth-order valence-electron chi connectivity index (χ4n) is 3.55. The summed E-state index contributed by atoms with van der Waals surface area (Å²) in [6.07, 6.45) is 2.07. The van der Waals surface area contributed by atoms with Gasteiger partial charge < -0.3 is 0 Å². The van der Waals surface area contributed by atoms with Gasteiger partial charge in [-0.2, -0.15) is 0 Å². The van der Waals surface area contributed by atoms with Crippen LogP contribution in [0, 0.1) is 13.8 Å². The van der Waals surface area contributed by atoms with Gasteiger partial charge in [0, 0.05) is 11.3 Å². The third-order valence-corrected chi connectivity index (χ3v) is 5.59. The second-order valence-electron chi connectivity index (χ2n) is 7.53. The van der Waals surface area contributed by atoms with E-state index in [1.54, 1.807) is 0 Å². The molecule has 0 bridgehead atoms. The van der Waals surface area contributed by atoms with Gasteiger partial charge in [0.25, 0.3) is 0 Å². The van der Waals surface area contributed by atoms with Crippen molar-refractivity contribution >= 4 is 0 Å². The van der Waals surface area contributed by atoms with Crippen molar-refractivity contribution in [3.05, 3.63) is 119 Å². The number of allylic oxidation sites excluding steroid dienone is 1. The van der Waals surface area contributed by atoms with Crippen molar-refractivity contribution in [1.82, 2.24) is 0 Å². The number of hydrogen-bond donors (Lipinski definition) is 0. The van der Waals surface area contributed by atoms with E-state index in [4.69, 9.17) is 0 Å². The Bertz CT molecular complexity index is 901. The van der Waals surface area contributed by atoms with Crippen LogP contribution in [0.15, 0.2) is 85.5 Å². The highest BCUT2D eigenvalue weighted by Crippen LogP contribution is 2.35. The molecule has 3 aromatic carbocycles. The van der Waals surface area contributed by atoms with E-state index in [1.165, 1.54) is 33.4 Å². The van der Waals surface area contributed by atoms with Crippen molar-refractivity contribution in [2.45, 2.75) is 39.0 Å². The number of aryl methyl sites for hydroxylation is 2. The largest absolute Gasteiger partial charge is 0.102 e. The zero-order valence-corrected chi connectivity index (χ0v) is 16.3. The monoisotopic (exact) mass is 340 g/mol. The SMILES string of the molecule is C=CC(C)(c1cccc(C)c1)c1cccc(C(C)c2ccc(C)cc2)c1. The van der Waals surface area contributed by atoms with Crippen molar-refractivity contribution in [2.24, 2.45) is 0 Å². The summed E-state index contributed by atoms with van der Waals surface area (Å²) in [7, 11) is 0. The third-order valence-electron chi connectivity index (χ3n) is 5.59. The number of rotatable bonds is 5. The molecule has 0 heterocycles. The van der Waals surface area contributed by atoms with E-state index in [0.29, 0.717) is 5.92 Å². The lowest BCUT2D eigenvalue weighted by Gasteiger charge is -2.28. The molecule has 0 amide bonds. The zero-order chi connectivity index (χ0) is 18.7. The molecule has 0 aliphatic carbocycles. The van der Waals surface area contributed by atoms with Gasteiger partial charge in [0.15, 0.2) is 0 Å². The molecule has 0 radical (unpaired) electrons. The Morgan fingerprint density at radius 1 is 0.769 bits per heavy atom. The molecule has 0 aliphatic rings. The summed E-state index contributed by atoms with van der Waals surface area (Å²) < 4.78 is 0. The van der Waals surface area contributed by atoms with Crippen LogP contribution >= 0.6 is 0 Å². The molecule has 0 spiro atoms. The summed E-state index contributed by atoms with van der Waals surface area (Å²) in [6, 6.07) is 26.5. The van der Waals surface area contributed by atoms with Gasteiger partial charge in [0.1, 0.15) is 0 Å². The van der Waals surface area contributed by atoms with Gasteiger partial charge in [-0.1, -0.05) is 96.9 Å². The predicted octanol–water partition coefficient (Wildman–Crippen LogP) is 6.95. The summed E-state index contributed by atoms with van der Waals surface area (Å²) in [5.74, 6) is 0.363. The molecule has 132 valence electrons. The van der Waals surface area contributed by atoms with E-state index in [0.717, 1.165) is 0 Å². The van der Waals surface area contributed by atoms with Crippen LogP contribution in [-0.4, -0.2) is 0 Å². The Labute approximate surface area is 158 Å². The number of hydrogen-bond acceptors (Lipinski definition) is 0. The van der Waals surface area contributed by atoms with E-state index < -0.39 is 0 Å². The molecule has 0 fully saturated rings. The van der Waals surface area contributed by atoms with E-state index in [9.17, 15) is 0 Å². The highest BCUT2D eigenvalue weighted by Gasteiger charge is 2.26. The summed E-state index contributed by atoms with van der Waals surface area (Å²) >= 11 is 0. The lowest BCUT2D eigenvalue weighted by atomic mass is 9.75. The topological polar surface area (TPSA) is 0 Å². The Kier molecular flexibility index (Phi) is 5.13. The first kappa shape index (κ1) is 18.2. The standard InChI is InChI=1S/C26H28/c1-6-26(5,24-11-7-9-20(3)17-24)25-12-8-10-23(18-25)21(4)22-15-13-19(2)14-16-22/h6-18,21H,1H2,2-5H3. The first-order valence-corrected chi connectivity index (χ1v) is 9.32. The molecule has 0 N–H and O–H groups in total. The second-order valence-corrected chi connectivity index (χ2v) is 7.53. The van der Waals surface area contributed by atoms with Crippen molar-refractivity contribution in [2.75, 3.05) is 0 Å². The summed E-state index contributed by atoms with van der Waals surface area (Å²) in [4.78, 5) is 0. The molecule has 3 aromatic rings. The molecule has 0 aliphatic heterocycles. The Balaban J connectivity index is 2.02. The second kappa shape index (κ2) is 7.33. The Morgan fingerprint density at radius 3 is 2.00 bits per heavy atom. The van der Waals surface area contributed by atoms with Crippen LogP contribution in [0.3, 0.4) is 0 Å². The normalized spacial score (nSPS) is 14.5. The number of benzene rings is 3. The highest BCUT2D eigenvalue weighted by atomic mass is 14.3. The maximum atomic E-state index is 4.16. The van der Waals surface area contributed by atoms with Gasteiger partial charge in [-0.05, 0) is 43.0 Å². The molecule has 0 aromatic heterocycles. The zero-order valence-electron chi connectivity index (χ0n) is 16.3. The predicted molar refractivity (Wildman–Crippen MR) is 113 cm³/mol. The lowest BCUT2D eigenvalue weighted by molar-refractivity contribution is 0.721. The first-order valence-electron chi connectivity index (χ1n) is 9.32. The average Bonchev–Trinajstić information content (AvgIpc) is 2.67. The third kappa shape index (κ3) is 3.51. The molecule has 3 rings (SSSR count).